The van der Waals surface area contributed by atoms with Gasteiger partial charge in [-0.3, -0.25) is 14.4 Å². The molecular formula is C22H24N4O6S. The molecule has 1 saturated heterocycles. The lowest BCUT2D eigenvalue weighted by Gasteiger charge is -2.20. The second-order valence-corrected chi connectivity index (χ2v) is 10.2. The minimum atomic E-state index is -3.76. The van der Waals surface area contributed by atoms with Crippen molar-refractivity contribution in [3.05, 3.63) is 47.5 Å². The van der Waals surface area contributed by atoms with E-state index in [1.807, 2.05) is 0 Å². The van der Waals surface area contributed by atoms with Gasteiger partial charge in [0.15, 0.2) is 0 Å². The molecular weight excluding hydrogens is 448 g/mol. The van der Waals surface area contributed by atoms with Crippen molar-refractivity contribution in [3.8, 4) is 5.75 Å². The SMILES string of the molecule is COc1ccc(S(=O)(=O)N(C)C)cc1C(=O)Nc1ccc2c(c1)C(=O)N1CCC[C@@H]1C(=O)N2. The molecule has 3 amide bonds. The molecule has 0 unspecified atom stereocenters. The summed E-state index contributed by atoms with van der Waals surface area (Å²) in [6, 6.07) is 8.15. The number of sulfonamides is 1. The Labute approximate surface area is 191 Å². The van der Waals surface area contributed by atoms with Crippen LogP contribution in [0.2, 0.25) is 0 Å². The zero-order chi connectivity index (χ0) is 23.9. The summed E-state index contributed by atoms with van der Waals surface area (Å²) in [6.45, 7) is 0.497. The molecule has 2 aromatic rings. The lowest BCUT2D eigenvalue weighted by atomic mass is 10.1. The topological polar surface area (TPSA) is 125 Å². The number of rotatable bonds is 5. The van der Waals surface area contributed by atoms with E-state index in [1.54, 1.807) is 17.0 Å². The zero-order valence-electron chi connectivity index (χ0n) is 18.4. The Kier molecular flexibility index (Phi) is 5.85. The maximum Gasteiger partial charge on any atom is 0.259 e. The highest BCUT2D eigenvalue weighted by Gasteiger charge is 2.38. The van der Waals surface area contributed by atoms with E-state index in [2.05, 4.69) is 10.6 Å². The summed E-state index contributed by atoms with van der Waals surface area (Å²) >= 11 is 0. The fraction of sp³-hybridized carbons (Fsp3) is 0.318. The molecule has 0 aliphatic carbocycles. The summed E-state index contributed by atoms with van der Waals surface area (Å²) in [5, 5.41) is 5.48. The number of carbonyl (C=O) groups is 3. The molecule has 2 N–H and O–H groups in total. The molecule has 10 nitrogen and oxygen atoms in total. The molecule has 2 heterocycles. The smallest absolute Gasteiger partial charge is 0.259 e. The maximum atomic E-state index is 13.0. The number of anilines is 2. The van der Waals surface area contributed by atoms with E-state index in [-0.39, 0.29) is 33.6 Å². The van der Waals surface area contributed by atoms with E-state index in [1.165, 1.54) is 45.5 Å². The van der Waals surface area contributed by atoms with E-state index < -0.39 is 22.0 Å². The Bertz CT molecular complexity index is 1260. The summed E-state index contributed by atoms with van der Waals surface area (Å²) in [5.41, 5.74) is 1.01. The van der Waals surface area contributed by atoms with Crippen LogP contribution in [0.3, 0.4) is 0 Å². The Hall–Kier alpha value is -3.44. The molecule has 33 heavy (non-hydrogen) atoms. The molecule has 0 bridgehead atoms. The van der Waals surface area contributed by atoms with E-state index >= 15 is 0 Å². The number of hydrogen-bond donors (Lipinski definition) is 2. The molecule has 11 heteroatoms. The third-order valence-corrected chi connectivity index (χ3v) is 7.59. The van der Waals surface area contributed by atoms with Gasteiger partial charge in [-0.25, -0.2) is 12.7 Å². The number of fused-ring (bicyclic) bond motifs is 2. The molecule has 0 aromatic heterocycles. The standard InChI is InChI=1S/C22H24N4O6S/c1-25(2)33(30,31)14-7-9-19(32-3)16(12-14)20(27)23-13-6-8-17-15(11-13)22(29)26-10-4-5-18(26)21(28)24-17/h6-9,11-12,18H,4-5,10H2,1-3H3,(H,23,27)(H,24,28)/t18-/m1/s1. The van der Waals surface area contributed by atoms with Crippen molar-refractivity contribution in [2.75, 3.05) is 38.4 Å². The fourth-order valence-electron chi connectivity index (χ4n) is 4.00. The lowest BCUT2D eigenvalue weighted by Crippen LogP contribution is -2.40. The average molecular weight is 473 g/mol. The van der Waals surface area contributed by atoms with E-state index in [4.69, 9.17) is 4.74 Å². The van der Waals surface area contributed by atoms with Crippen molar-refractivity contribution >= 4 is 39.1 Å². The molecule has 1 fully saturated rings. The Balaban J connectivity index is 1.66. The van der Waals surface area contributed by atoms with Crippen LogP contribution in [-0.2, 0) is 14.8 Å². The fourth-order valence-corrected chi connectivity index (χ4v) is 4.92. The van der Waals surface area contributed by atoms with Crippen molar-refractivity contribution < 1.29 is 27.5 Å². The van der Waals surface area contributed by atoms with Crippen LogP contribution in [0.15, 0.2) is 41.3 Å². The van der Waals surface area contributed by atoms with Crippen LogP contribution >= 0.6 is 0 Å². The number of amides is 3. The molecule has 2 aliphatic rings. The van der Waals surface area contributed by atoms with Crippen LogP contribution in [0.25, 0.3) is 0 Å². The molecule has 0 radical (unpaired) electrons. The Morgan fingerprint density at radius 3 is 2.64 bits per heavy atom. The number of ether oxygens (including phenoxy) is 1. The van der Waals surface area contributed by atoms with Crippen molar-refractivity contribution in [1.82, 2.24) is 9.21 Å². The van der Waals surface area contributed by atoms with Gasteiger partial charge in [0.25, 0.3) is 11.8 Å². The molecule has 1 atom stereocenters. The quantitative estimate of drug-likeness (QED) is 0.683. The second-order valence-electron chi connectivity index (χ2n) is 8.01. The van der Waals surface area contributed by atoms with Gasteiger partial charge < -0.3 is 20.3 Å². The van der Waals surface area contributed by atoms with Crippen LogP contribution in [0.5, 0.6) is 5.75 Å². The van der Waals surface area contributed by atoms with E-state index in [9.17, 15) is 22.8 Å². The maximum absolute atomic E-state index is 13.0. The number of carbonyl (C=O) groups excluding carboxylic acids is 3. The highest BCUT2D eigenvalue weighted by atomic mass is 32.2. The molecule has 0 saturated carbocycles. The highest BCUT2D eigenvalue weighted by molar-refractivity contribution is 7.89. The monoisotopic (exact) mass is 472 g/mol. The summed E-state index contributed by atoms with van der Waals surface area (Å²) in [6.07, 6.45) is 1.36. The summed E-state index contributed by atoms with van der Waals surface area (Å²) in [4.78, 5) is 40.0. The van der Waals surface area contributed by atoms with Crippen LogP contribution < -0.4 is 15.4 Å². The van der Waals surface area contributed by atoms with Gasteiger partial charge in [0.2, 0.25) is 15.9 Å². The number of nitrogens with zero attached hydrogens (tertiary/aromatic N) is 2. The molecule has 2 aliphatic heterocycles. The number of methoxy groups -OCH3 is 1. The first-order valence-electron chi connectivity index (χ1n) is 10.3. The largest absolute Gasteiger partial charge is 0.496 e. The first-order valence-corrected chi connectivity index (χ1v) is 11.8. The molecule has 0 spiro atoms. The van der Waals surface area contributed by atoms with Gasteiger partial charge in [0.05, 0.1) is 28.8 Å². The normalized spacial score (nSPS) is 17.8. The van der Waals surface area contributed by atoms with Gasteiger partial charge in [-0.05, 0) is 49.2 Å². The molecule has 174 valence electrons. The van der Waals surface area contributed by atoms with Crippen molar-refractivity contribution in [3.63, 3.8) is 0 Å². The van der Waals surface area contributed by atoms with Crippen molar-refractivity contribution in [1.29, 1.82) is 0 Å². The molecule has 2 aromatic carbocycles. The number of hydrogen-bond acceptors (Lipinski definition) is 6. The minimum absolute atomic E-state index is 0.0228. The second kappa shape index (κ2) is 8.49. The average Bonchev–Trinajstić information content (AvgIpc) is 3.26. The van der Waals surface area contributed by atoms with Crippen molar-refractivity contribution in [2.45, 2.75) is 23.8 Å². The zero-order valence-corrected chi connectivity index (χ0v) is 19.2. The van der Waals surface area contributed by atoms with Crippen molar-refractivity contribution in [2.24, 2.45) is 0 Å². The first-order chi connectivity index (χ1) is 15.6. The Morgan fingerprint density at radius 2 is 1.94 bits per heavy atom. The number of nitrogens with one attached hydrogen (secondary N) is 2. The van der Waals surface area contributed by atoms with Gasteiger partial charge in [0.1, 0.15) is 11.8 Å². The third kappa shape index (κ3) is 4.05. The number of benzene rings is 2. The van der Waals surface area contributed by atoms with E-state index in [0.29, 0.717) is 24.3 Å². The summed E-state index contributed by atoms with van der Waals surface area (Å²) in [7, 11) is 0.414. The summed E-state index contributed by atoms with van der Waals surface area (Å²) < 4.78 is 31.3. The van der Waals surface area contributed by atoms with Gasteiger partial charge in [-0.15, -0.1) is 0 Å². The van der Waals surface area contributed by atoms with Gasteiger partial charge >= 0.3 is 0 Å². The van der Waals surface area contributed by atoms with Crippen LogP contribution in [0.1, 0.15) is 33.6 Å². The van der Waals surface area contributed by atoms with Gasteiger partial charge in [-0.2, -0.15) is 0 Å². The predicted molar refractivity (Wildman–Crippen MR) is 121 cm³/mol. The first kappa shape index (κ1) is 22.7. The Morgan fingerprint density at radius 1 is 1.18 bits per heavy atom. The van der Waals surface area contributed by atoms with Gasteiger partial charge in [-0.1, -0.05) is 0 Å². The highest BCUT2D eigenvalue weighted by Crippen LogP contribution is 2.31. The van der Waals surface area contributed by atoms with Crippen LogP contribution in [-0.4, -0.2) is 69.1 Å². The summed E-state index contributed by atoms with van der Waals surface area (Å²) in [5.74, 6) is -0.909. The van der Waals surface area contributed by atoms with Gasteiger partial charge in [0, 0.05) is 26.3 Å². The van der Waals surface area contributed by atoms with E-state index in [0.717, 1.165) is 10.7 Å². The van der Waals surface area contributed by atoms with Crippen LogP contribution in [0, 0.1) is 0 Å². The lowest BCUT2D eigenvalue weighted by molar-refractivity contribution is -0.119. The molecule has 4 rings (SSSR count). The third-order valence-electron chi connectivity index (χ3n) is 5.78. The van der Waals surface area contributed by atoms with Crippen LogP contribution in [0.4, 0.5) is 11.4 Å². The predicted octanol–water partition coefficient (Wildman–Crippen LogP) is 1.75. The minimum Gasteiger partial charge on any atom is -0.496 e.